The first-order valence-corrected chi connectivity index (χ1v) is 8.87. The van der Waals surface area contributed by atoms with Crippen LogP contribution in [-0.2, 0) is 13.1 Å². The Labute approximate surface area is 161 Å². The maximum absolute atomic E-state index is 5.57. The van der Waals surface area contributed by atoms with Crippen LogP contribution in [0.15, 0.2) is 60.8 Å². The number of methoxy groups -OCH3 is 1. The van der Waals surface area contributed by atoms with E-state index in [2.05, 4.69) is 32.6 Å². The summed E-state index contributed by atoms with van der Waals surface area (Å²) in [6.45, 7) is 1.19. The third kappa shape index (κ3) is 3.80. The molecular weight excluding hydrogens is 360 g/mol. The van der Waals surface area contributed by atoms with E-state index >= 15 is 0 Å². The number of benzene rings is 2. The summed E-state index contributed by atoms with van der Waals surface area (Å²) in [6.07, 6.45) is 1.82. The Bertz CT molecular complexity index is 1080. The summed E-state index contributed by atoms with van der Waals surface area (Å²) in [6, 6.07) is 17.9. The molecule has 2 heterocycles. The lowest BCUT2D eigenvalue weighted by Crippen LogP contribution is -2.04. The normalized spacial score (nSPS) is 10.9. The smallest absolute Gasteiger partial charge is 0.209 e. The third-order valence-corrected chi connectivity index (χ3v) is 4.64. The first kappa shape index (κ1) is 17.2. The zero-order chi connectivity index (χ0) is 18.6. The van der Waals surface area contributed by atoms with Gasteiger partial charge in [-0.15, -0.1) is 10.2 Å². The van der Waals surface area contributed by atoms with Gasteiger partial charge in [0.15, 0.2) is 0 Å². The lowest BCUT2D eigenvalue weighted by Gasteiger charge is -2.02. The van der Waals surface area contributed by atoms with Crippen molar-refractivity contribution in [2.75, 3.05) is 7.11 Å². The topological polar surface area (TPSA) is 73.5 Å². The molecule has 0 saturated heterocycles. The molecule has 4 rings (SSSR count). The van der Waals surface area contributed by atoms with Gasteiger partial charge >= 0.3 is 0 Å². The van der Waals surface area contributed by atoms with Gasteiger partial charge in [-0.25, -0.2) is 0 Å². The highest BCUT2D eigenvalue weighted by Gasteiger charge is 2.12. The number of aromatic amines is 1. The highest BCUT2D eigenvalue weighted by molar-refractivity contribution is 7.71. The molecule has 27 heavy (non-hydrogen) atoms. The van der Waals surface area contributed by atoms with Gasteiger partial charge in [0.2, 0.25) is 5.82 Å². The van der Waals surface area contributed by atoms with E-state index in [0.29, 0.717) is 23.6 Å². The lowest BCUT2D eigenvalue weighted by atomic mass is 10.2. The fourth-order valence-corrected chi connectivity index (χ4v) is 3.03. The van der Waals surface area contributed by atoms with E-state index in [9.17, 15) is 0 Å². The third-order valence-electron chi connectivity index (χ3n) is 4.20. The SMILES string of the molecule is COc1ccc(Cn2nnc(-c3c[nH]n(Cc4ccccc4)c3=S)n2)cc1. The molecule has 0 aliphatic rings. The Morgan fingerprint density at radius 2 is 1.74 bits per heavy atom. The molecule has 0 aliphatic heterocycles. The van der Waals surface area contributed by atoms with E-state index in [1.807, 2.05) is 53.3 Å². The van der Waals surface area contributed by atoms with Crippen LogP contribution in [0.2, 0.25) is 0 Å². The zero-order valence-electron chi connectivity index (χ0n) is 14.7. The quantitative estimate of drug-likeness (QED) is 0.521. The summed E-state index contributed by atoms with van der Waals surface area (Å²) in [5.41, 5.74) is 2.99. The second kappa shape index (κ2) is 7.55. The number of H-pyrrole nitrogens is 1. The van der Waals surface area contributed by atoms with Crippen LogP contribution in [0.1, 0.15) is 11.1 Å². The van der Waals surface area contributed by atoms with E-state index in [4.69, 9.17) is 17.0 Å². The van der Waals surface area contributed by atoms with Crippen LogP contribution in [0, 0.1) is 4.64 Å². The Kier molecular flexibility index (Phi) is 4.80. The molecule has 0 spiro atoms. The maximum Gasteiger partial charge on any atom is 0.209 e. The number of aromatic nitrogens is 6. The Morgan fingerprint density at radius 1 is 1.00 bits per heavy atom. The zero-order valence-corrected chi connectivity index (χ0v) is 15.6. The predicted molar refractivity (Wildman–Crippen MR) is 104 cm³/mol. The van der Waals surface area contributed by atoms with E-state index in [0.717, 1.165) is 22.4 Å². The number of rotatable bonds is 6. The Morgan fingerprint density at radius 3 is 2.48 bits per heavy atom. The average Bonchev–Trinajstić information content (AvgIpc) is 3.30. The molecule has 2 aromatic carbocycles. The summed E-state index contributed by atoms with van der Waals surface area (Å²) in [5.74, 6) is 1.33. The molecule has 1 N–H and O–H groups in total. The second-order valence-corrected chi connectivity index (χ2v) is 6.44. The van der Waals surface area contributed by atoms with Gasteiger partial charge in [-0.2, -0.15) is 4.80 Å². The van der Waals surface area contributed by atoms with Gasteiger partial charge in [-0.05, 0) is 28.5 Å². The maximum atomic E-state index is 5.57. The van der Waals surface area contributed by atoms with Crippen molar-refractivity contribution in [2.24, 2.45) is 0 Å². The largest absolute Gasteiger partial charge is 0.497 e. The van der Waals surface area contributed by atoms with Crippen LogP contribution in [-0.4, -0.2) is 37.1 Å². The molecule has 0 amide bonds. The second-order valence-electron chi connectivity index (χ2n) is 6.06. The molecule has 2 aromatic heterocycles. The van der Waals surface area contributed by atoms with Crippen molar-refractivity contribution in [1.29, 1.82) is 0 Å². The lowest BCUT2D eigenvalue weighted by molar-refractivity contribution is 0.414. The number of hydrogen-bond acceptors (Lipinski definition) is 5. The van der Waals surface area contributed by atoms with Crippen molar-refractivity contribution in [3.05, 3.63) is 76.6 Å². The van der Waals surface area contributed by atoms with Gasteiger partial charge in [0, 0.05) is 6.20 Å². The van der Waals surface area contributed by atoms with Gasteiger partial charge in [0.25, 0.3) is 0 Å². The molecule has 0 aliphatic carbocycles. The molecule has 7 nitrogen and oxygen atoms in total. The summed E-state index contributed by atoms with van der Waals surface area (Å²) in [5, 5.41) is 15.9. The van der Waals surface area contributed by atoms with Crippen LogP contribution in [0.5, 0.6) is 5.75 Å². The molecule has 0 fully saturated rings. The fourth-order valence-electron chi connectivity index (χ4n) is 2.76. The van der Waals surface area contributed by atoms with E-state index in [-0.39, 0.29) is 0 Å². The van der Waals surface area contributed by atoms with Crippen molar-refractivity contribution < 1.29 is 4.74 Å². The highest BCUT2D eigenvalue weighted by Crippen LogP contribution is 2.17. The number of hydrogen-bond donors (Lipinski definition) is 1. The van der Waals surface area contributed by atoms with Crippen LogP contribution >= 0.6 is 12.2 Å². The van der Waals surface area contributed by atoms with Gasteiger partial charge in [-0.3, -0.25) is 4.68 Å². The predicted octanol–water partition coefficient (Wildman–Crippen LogP) is 3.30. The minimum atomic E-state index is 0.511. The molecule has 0 bridgehead atoms. The van der Waals surface area contributed by atoms with E-state index < -0.39 is 0 Å². The Hall–Kier alpha value is -3.26. The van der Waals surface area contributed by atoms with Crippen molar-refractivity contribution in [3.8, 4) is 17.1 Å². The van der Waals surface area contributed by atoms with Crippen molar-refractivity contribution in [1.82, 2.24) is 30.0 Å². The van der Waals surface area contributed by atoms with Gasteiger partial charge < -0.3 is 9.84 Å². The molecule has 0 atom stereocenters. The number of ether oxygens (including phenoxy) is 1. The van der Waals surface area contributed by atoms with Crippen molar-refractivity contribution >= 4 is 12.2 Å². The highest BCUT2D eigenvalue weighted by atomic mass is 32.1. The minimum absolute atomic E-state index is 0.511. The summed E-state index contributed by atoms with van der Waals surface area (Å²) < 4.78 is 7.72. The van der Waals surface area contributed by atoms with Crippen molar-refractivity contribution in [2.45, 2.75) is 13.1 Å². The molecular formula is C19H18N6OS. The van der Waals surface area contributed by atoms with Gasteiger partial charge in [0.05, 0.1) is 25.8 Å². The first-order valence-electron chi connectivity index (χ1n) is 8.46. The minimum Gasteiger partial charge on any atom is -0.497 e. The van der Waals surface area contributed by atoms with Crippen LogP contribution in [0.25, 0.3) is 11.4 Å². The Balaban J connectivity index is 1.52. The summed E-state index contributed by atoms with van der Waals surface area (Å²) in [7, 11) is 1.65. The molecule has 0 radical (unpaired) electrons. The van der Waals surface area contributed by atoms with E-state index in [1.54, 1.807) is 11.9 Å². The molecule has 0 unspecified atom stereocenters. The number of tetrazole rings is 1. The molecule has 136 valence electrons. The molecule has 4 aromatic rings. The number of nitrogens with one attached hydrogen (secondary N) is 1. The molecule has 0 saturated carbocycles. The summed E-state index contributed by atoms with van der Waals surface area (Å²) >= 11 is 5.57. The average molecular weight is 378 g/mol. The van der Waals surface area contributed by atoms with Gasteiger partial charge in [0.1, 0.15) is 10.4 Å². The van der Waals surface area contributed by atoms with Crippen LogP contribution in [0.3, 0.4) is 0 Å². The van der Waals surface area contributed by atoms with E-state index in [1.165, 1.54) is 0 Å². The number of nitrogens with zero attached hydrogens (tertiary/aromatic N) is 5. The standard InChI is InChI=1S/C19H18N6OS/c1-26-16-9-7-15(8-10-16)13-25-22-18(21-23-25)17-11-20-24(19(17)27)12-14-5-3-2-4-6-14/h2-11,20H,12-13H2,1H3. The monoisotopic (exact) mass is 378 g/mol. The first-order chi connectivity index (χ1) is 13.2. The van der Waals surface area contributed by atoms with Crippen LogP contribution < -0.4 is 4.74 Å². The fraction of sp³-hybridized carbons (Fsp3) is 0.158. The molecule has 8 heteroatoms. The van der Waals surface area contributed by atoms with Crippen LogP contribution in [0.4, 0.5) is 0 Å². The van der Waals surface area contributed by atoms with Crippen molar-refractivity contribution in [3.63, 3.8) is 0 Å². The van der Waals surface area contributed by atoms with Gasteiger partial charge in [-0.1, -0.05) is 54.7 Å². The summed E-state index contributed by atoms with van der Waals surface area (Å²) in [4.78, 5) is 1.56.